The zero-order chi connectivity index (χ0) is 17.0. The summed E-state index contributed by atoms with van der Waals surface area (Å²) in [6.07, 6.45) is 0. The molecule has 2 heterocycles. The van der Waals surface area contributed by atoms with Gasteiger partial charge in [0.15, 0.2) is 15.6 Å². The average Bonchev–Trinajstić information content (AvgIpc) is 2.65. The fourth-order valence-electron chi connectivity index (χ4n) is 2.88. The van der Waals surface area contributed by atoms with Crippen LogP contribution in [0.3, 0.4) is 0 Å². The maximum absolute atomic E-state index is 12.6. The van der Waals surface area contributed by atoms with E-state index in [-0.39, 0.29) is 21.8 Å². The molecule has 9 heteroatoms. The molecule has 0 aromatic heterocycles. The summed E-state index contributed by atoms with van der Waals surface area (Å²) in [5.74, 6) is -0.607. The van der Waals surface area contributed by atoms with Crippen LogP contribution in [0.1, 0.15) is 24.2 Å². The number of carbonyl (C=O) groups is 1. The number of anilines is 1. The second-order valence-electron chi connectivity index (χ2n) is 6.04. The minimum atomic E-state index is -3.87. The molecule has 0 amide bonds. The number of nitro benzene ring substituents is 1. The molecule has 0 radical (unpaired) electrons. The molecule has 1 saturated heterocycles. The molecular formula is C14H16N2O6S. The summed E-state index contributed by atoms with van der Waals surface area (Å²) in [6.45, 7) is 4.32. The lowest BCUT2D eigenvalue weighted by Gasteiger charge is -2.28. The van der Waals surface area contributed by atoms with Crippen molar-refractivity contribution < 1.29 is 22.9 Å². The average molecular weight is 340 g/mol. The van der Waals surface area contributed by atoms with E-state index in [1.54, 1.807) is 4.90 Å². The lowest BCUT2D eigenvalue weighted by Crippen LogP contribution is -2.36. The lowest BCUT2D eigenvalue weighted by atomic mass is 10.00. The Morgan fingerprint density at radius 1 is 1.26 bits per heavy atom. The third kappa shape index (κ3) is 2.14. The van der Waals surface area contributed by atoms with E-state index in [2.05, 4.69) is 0 Å². The summed E-state index contributed by atoms with van der Waals surface area (Å²) >= 11 is 0. The van der Waals surface area contributed by atoms with Gasteiger partial charge in [0.2, 0.25) is 0 Å². The number of fused-ring (bicyclic) bond motifs is 1. The monoisotopic (exact) mass is 340 g/mol. The SMILES string of the molecule is CC1(C)C(=O)c2cc([N+](=O)[O-])c(N3CCOCC3)cc2S1(=O)=O. The number of Topliss-reactive ketones (excluding diaryl/α,β-unsaturated/α-hetero) is 1. The van der Waals surface area contributed by atoms with Crippen molar-refractivity contribution in [3.63, 3.8) is 0 Å². The van der Waals surface area contributed by atoms with Gasteiger partial charge in [-0.05, 0) is 19.9 Å². The molecule has 0 aliphatic carbocycles. The predicted molar refractivity (Wildman–Crippen MR) is 81.7 cm³/mol. The Morgan fingerprint density at radius 2 is 1.87 bits per heavy atom. The highest BCUT2D eigenvalue weighted by molar-refractivity contribution is 7.94. The van der Waals surface area contributed by atoms with Crippen LogP contribution in [0.15, 0.2) is 17.0 Å². The van der Waals surface area contributed by atoms with Crippen LogP contribution < -0.4 is 4.90 Å². The third-order valence-electron chi connectivity index (χ3n) is 4.38. The molecule has 8 nitrogen and oxygen atoms in total. The van der Waals surface area contributed by atoms with Gasteiger partial charge in [0.05, 0.1) is 23.0 Å². The largest absolute Gasteiger partial charge is 0.378 e. The van der Waals surface area contributed by atoms with Gasteiger partial charge in [-0.15, -0.1) is 0 Å². The Bertz CT molecular complexity index is 809. The maximum Gasteiger partial charge on any atom is 0.293 e. The smallest absolute Gasteiger partial charge is 0.293 e. The van der Waals surface area contributed by atoms with Crippen LogP contribution >= 0.6 is 0 Å². The lowest BCUT2D eigenvalue weighted by molar-refractivity contribution is -0.384. The number of morpholine rings is 1. The summed E-state index contributed by atoms with van der Waals surface area (Å²) in [7, 11) is -3.87. The standard InChI is InChI=1S/C14H16N2O6S/c1-14(2)13(17)9-7-11(16(18)19)10(8-12(9)23(14,20)21)15-3-5-22-6-4-15/h7-8H,3-6H2,1-2H3. The van der Waals surface area contributed by atoms with Crippen molar-refractivity contribution in [2.75, 3.05) is 31.2 Å². The van der Waals surface area contributed by atoms with Crippen molar-refractivity contribution in [1.82, 2.24) is 0 Å². The van der Waals surface area contributed by atoms with Gasteiger partial charge >= 0.3 is 0 Å². The van der Waals surface area contributed by atoms with Crippen molar-refractivity contribution in [1.29, 1.82) is 0 Å². The molecular weight excluding hydrogens is 324 g/mol. The number of rotatable bonds is 2. The van der Waals surface area contributed by atoms with E-state index in [4.69, 9.17) is 4.74 Å². The van der Waals surface area contributed by atoms with Gasteiger partial charge < -0.3 is 9.64 Å². The molecule has 0 atom stereocenters. The molecule has 1 aromatic carbocycles. The van der Waals surface area contributed by atoms with Crippen LogP contribution in [0.5, 0.6) is 0 Å². The molecule has 3 rings (SSSR count). The van der Waals surface area contributed by atoms with Crippen LogP contribution in [0, 0.1) is 10.1 Å². The molecule has 0 unspecified atom stereocenters. The van der Waals surface area contributed by atoms with Gasteiger partial charge in [-0.3, -0.25) is 14.9 Å². The molecule has 23 heavy (non-hydrogen) atoms. The number of ketones is 1. The van der Waals surface area contributed by atoms with Gasteiger partial charge in [0, 0.05) is 24.7 Å². The van der Waals surface area contributed by atoms with Crippen molar-refractivity contribution in [2.45, 2.75) is 23.5 Å². The van der Waals surface area contributed by atoms with Gasteiger partial charge in [-0.2, -0.15) is 0 Å². The number of nitrogens with zero attached hydrogens (tertiary/aromatic N) is 2. The predicted octanol–water partition coefficient (Wildman–Crippen LogP) is 1.18. The van der Waals surface area contributed by atoms with E-state index >= 15 is 0 Å². The highest BCUT2D eigenvalue weighted by Crippen LogP contribution is 2.44. The van der Waals surface area contributed by atoms with Gasteiger partial charge in [-0.1, -0.05) is 0 Å². The van der Waals surface area contributed by atoms with Crippen LogP contribution in [-0.2, 0) is 14.6 Å². The highest BCUT2D eigenvalue weighted by Gasteiger charge is 2.52. The molecule has 1 aromatic rings. The van der Waals surface area contributed by atoms with E-state index in [1.807, 2.05) is 0 Å². The topological polar surface area (TPSA) is 107 Å². The molecule has 0 bridgehead atoms. The van der Waals surface area contributed by atoms with Gasteiger partial charge in [0.1, 0.15) is 10.4 Å². The summed E-state index contributed by atoms with van der Waals surface area (Å²) in [5, 5.41) is 11.4. The summed E-state index contributed by atoms with van der Waals surface area (Å²) in [6, 6.07) is 2.36. The van der Waals surface area contributed by atoms with Crippen LogP contribution in [-0.4, -0.2) is 50.2 Å². The molecule has 124 valence electrons. The number of sulfone groups is 1. The number of ether oxygens (including phenoxy) is 1. The first-order valence-electron chi connectivity index (χ1n) is 7.12. The normalized spacial score (nSPS) is 22.0. The number of carbonyl (C=O) groups excluding carboxylic acids is 1. The minimum Gasteiger partial charge on any atom is -0.378 e. The number of hydrogen-bond acceptors (Lipinski definition) is 7. The highest BCUT2D eigenvalue weighted by atomic mass is 32.2. The van der Waals surface area contributed by atoms with Gasteiger partial charge in [0.25, 0.3) is 5.69 Å². The molecule has 1 fully saturated rings. The number of benzene rings is 1. The van der Waals surface area contributed by atoms with Crippen molar-refractivity contribution in [2.24, 2.45) is 0 Å². The summed E-state index contributed by atoms with van der Waals surface area (Å²) in [5.41, 5.74) is -0.142. The van der Waals surface area contributed by atoms with E-state index in [9.17, 15) is 23.3 Å². The van der Waals surface area contributed by atoms with E-state index in [0.717, 1.165) is 6.07 Å². The minimum absolute atomic E-state index is 0.0984. The van der Waals surface area contributed by atoms with E-state index < -0.39 is 25.3 Å². The molecule has 2 aliphatic heterocycles. The first-order chi connectivity index (χ1) is 10.7. The quantitative estimate of drug-likeness (QED) is 0.587. The van der Waals surface area contributed by atoms with Gasteiger partial charge in [-0.25, -0.2) is 8.42 Å². The maximum atomic E-state index is 12.6. The first kappa shape index (κ1) is 15.9. The van der Waals surface area contributed by atoms with E-state index in [0.29, 0.717) is 26.3 Å². The summed E-state index contributed by atoms with van der Waals surface area (Å²) in [4.78, 5) is 24.7. The number of nitro groups is 1. The fraction of sp³-hybridized carbons (Fsp3) is 0.500. The third-order valence-corrected chi connectivity index (χ3v) is 6.82. The first-order valence-corrected chi connectivity index (χ1v) is 8.61. The Labute approximate surface area is 133 Å². The van der Waals surface area contributed by atoms with E-state index in [1.165, 1.54) is 19.9 Å². The Kier molecular flexibility index (Phi) is 3.45. The Hall–Kier alpha value is -2.00. The zero-order valence-electron chi connectivity index (χ0n) is 12.7. The number of hydrogen-bond donors (Lipinski definition) is 0. The van der Waals surface area contributed by atoms with Crippen molar-refractivity contribution in [3.05, 3.63) is 27.8 Å². The molecule has 0 N–H and O–H groups in total. The zero-order valence-corrected chi connectivity index (χ0v) is 13.6. The Balaban J connectivity index is 2.25. The molecule has 2 aliphatic rings. The van der Waals surface area contributed by atoms with Crippen molar-refractivity contribution in [3.8, 4) is 0 Å². The second kappa shape index (κ2) is 5.00. The molecule has 0 spiro atoms. The van der Waals surface area contributed by atoms with Crippen LogP contribution in [0.25, 0.3) is 0 Å². The fourth-order valence-corrected chi connectivity index (χ4v) is 4.49. The second-order valence-corrected chi connectivity index (χ2v) is 8.50. The van der Waals surface area contributed by atoms with Crippen LogP contribution in [0.2, 0.25) is 0 Å². The van der Waals surface area contributed by atoms with Crippen molar-refractivity contribution >= 4 is 27.0 Å². The van der Waals surface area contributed by atoms with Crippen LogP contribution in [0.4, 0.5) is 11.4 Å². The Morgan fingerprint density at radius 3 is 2.43 bits per heavy atom. The molecule has 0 saturated carbocycles. The summed E-state index contributed by atoms with van der Waals surface area (Å²) < 4.78 is 28.8.